The highest BCUT2D eigenvalue weighted by Crippen LogP contribution is 2.38. The first-order valence-electron chi connectivity index (χ1n) is 14.7. The highest BCUT2D eigenvalue weighted by Gasteiger charge is 2.42. The first-order valence-corrected chi connectivity index (χ1v) is 14.7. The first kappa shape index (κ1) is 29.4. The van der Waals surface area contributed by atoms with Crippen LogP contribution in [0, 0.1) is 5.41 Å². The summed E-state index contributed by atoms with van der Waals surface area (Å²) in [7, 11) is 0. The molecule has 0 spiro atoms. The largest absolute Gasteiger partial charge is 0.299 e. The van der Waals surface area contributed by atoms with E-state index in [1.807, 2.05) is 0 Å². The molecule has 0 saturated heterocycles. The molecule has 0 radical (unpaired) electrons. The summed E-state index contributed by atoms with van der Waals surface area (Å²) in [5.41, 5.74) is -0.653. The van der Waals surface area contributed by atoms with Crippen molar-refractivity contribution in [1.29, 1.82) is 0 Å². The van der Waals surface area contributed by atoms with Gasteiger partial charge in [0.15, 0.2) is 0 Å². The number of ketones is 2. The van der Waals surface area contributed by atoms with Crippen LogP contribution in [0.2, 0.25) is 0 Å². The predicted molar refractivity (Wildman–Crippen MR) is 139 cm³/mol. The Morgan fingerprint density at radius 2 is 0.781 bits per heavy atom. The van der Waals surface area contributed by atoms with Crippen LogP contribution in [-0.2, 0) is 9.59 Å². The summed E-state index contributed by atoms with van der Waals surface area (Å²) in [6.07, 6.45) is 28.4. The van der Waals surface area contributed by atoms with Gasteiger partial charge in [-0.05, 0) is 25.7 Å². The van der Waals surface area contributed by atoms with Gasteiger partial charge in [-0.1, -0.05) is 136 Å². The van der Waals surface area contributed by atoms with Crippen LogP contribution in [0.5, 0.6) is 0 Å². The Hall–Kier alpha value is -0.660. The molecule has 0 aromatic heterocycles. The average Bonchev–Trinajstić information content (AvgIpc) is 2.79. The van der Waals surface area contributed by atoms with Crippen LogP contribution in [0.15, 0.2) is 0 Å². The summed E-state index contributed by atoms with van der Waals surface area (Å²) < 4.78 is 0. The van der Waals surface area contributed by atoms with Crippen molar-refractivity contribution in [2.75, 3.05) is 0 Å². The van der Waals surface area contributed by atoms with Gasteiger partial charge in [0.25, 0.3) is 0 Å². The molecule has 0 aromatic rings. The van der Waals surface area contributed by atoms with Crippen molar-refractivity contribution in [3.8, 4) is 0 Å². The SMILES string of the molecule is CCCCCCCCCCC1(CCCCCC)C(=O)CCCCCCCCCCCC1=O. The topological polar surface area (TPSA) is 34.1 Å². The Kier molecular flexibility index (Phi) is 18.2. The highest BCUT2D eigenvalue weighted by atomic mass is 16.2. The van der Waals surface area contributed by atoms with Gasteiger partial charge < -0.3 is 0 Å². The number of unbranched alkanes of at least 4 members (excludes halogenated alkanes) is 10. The lowest BCUT2D eigenvalue weighted by Crippen LogP contribution is -2.39. The number of Topliss-reactive ketones (excluding diaryl/α,β-unsaturated/α-hetero) is 2. The Morgan fingerprint density at radius 3 is 1.19 bits per heavy atom. The van der Waals surface area contributed by atoms with Gasteiger partial charge in [-0.3, -0.25) is 9.59 Å². The van der Waals surface area contributed by atoms with E-state index in [0.717, 1.165) is 57.8 Å². The van der Waals surface area contributed by atoms with Crippen LogP contribution in [0.3, 0.4) is 0 Å². The van der Waals surface area contributed by atoms with Crippen molar-refractivity contribution in [3.05, 3.63) is 0 Å². The van der Waals surface area contributed by atoms with Gasteiger partial charge in [-0.15, -0.1) is 0 Å². The second kappa shape index (κ2) is 19.8. The molecule has 0 unspecified atom stereocenters. The molecule has 0 N–H and O–H groups in total. The van der Waals surface area contributed by atoms with E-state index in [0.29, 0.717) is 24.4 Å². The van der Waals surface area contributed by atoms with Crippen LogP contribution in [0.25, 0.3) is 0 Å². The Labute approximate surface area is 201 Å². The molecule has 0 heterocycles. The van der Waals surface area contributed by atoms with Crippen molar-refractivity contribution >= 4 is 11.6 Å². The summed E-state index contributed by atoms with van der Waals surface area (Å²) >= 11 is 0. The first-order chi connectivity index (χ1) is 15.7. The van der Waals surface area contributed by atoms with Crippen LogP contribution < -0.4 is 0 Å². The summed E-state index contributed by atoms with van der Waals surface area (Å²) in [6, 6.07) is 0. The van der Waals surface area contributed by atoms with Crippen molar-refractivity contribution < 1.29 is 9.59 Å². The van der Waals surface area contributed by atoms with Gasteiger partial charge in [-0.25, -0.2) is 0 Å². The third kappa shape index (κ3) is 12.5. The zero-order valence-electron chi connectivity index (χ0n) is 22.0. The number of hydrogen-bond acceptors (Lipinski definition) is 2. The van der Waals surface area contributed by atoms with Gasteiger partial charge in [0.2, 0.25) is 0 Å². The fourth-order valence-electron chi connectivity index (χ4n) is 5.54. The number of hydrogen-bond donors (Lipinski definition) is 0. The van der Waals surface area contributed by atoms with E-state index in [-0.39, 0.29) is 0 Å². The third-order valence-electron chi connectivity index (χ3n) is 7.79. The third-order valence-corrected chi connectivity index (χ3v) is 7.79. The lowest BCUT2D eigenvalue weighted by molar-refractivity contribution is -0.142. The molecule has 0 bridgehead atoms. The molecule has 32 heavy (non-hydrogen) atoms. The molecule has 1 rings (SSSR count). The summed E-state index contributed by atoms with van der Waals surface area (Å²) in [4.78, 5) is 27.2. The molecule has 2 heteroatoms. The molecule has 0 amide bonds. The van der Waals surface area contributed by atoms with Crippen molar-refractivity contribution in [2.24, 2.45) is 5.41 Å². The molecule has 188 valence electrons. The fraction of sp³-hybridized carbons (Fsp3) is 0.933. The number of carbonyl (C=O) groups excluding carboxylic acids is 2. The quantitative estimate of drug-likeness (QED) is 0.196. The normalized spacial score (nSPS) is 19.1. The molecular formula is C30H56O2. The highest BCUT2D eigenvalue weighted by molar-refractivity contribution is 6.07. The zero-order chi connectivity index (χ0) is 23.3. The van der Waals surface area contributed by atoms with Crippen molar-refractivity contribution in [1.82, 2.24) is 0 Å². The van der Waals surface area contributed by atoms with Gasteiger partial charge in [0, 0.05) is 12.8 Å². The van der Waals surface area contributed by atoms with E-state index < -0.39 is 5.41 Å². The molecule has 0 atom stereocenters. The van der Waals surface area contributed by atoms with Gasteiger partial charge in [0.1, 0.15) is 11.6 Å². The fourth-order valence-corrected chi connectivity index (χ4v) is 5.54. The molecule has 0 aliphatic heterocycles. The van der Waals surface area contributed by atoms with Gasteiger partial charge in [0.05, 0.1) is 5.41 Å². The van der Waals surface area contributed by atoms with E-state index in [1.165, 1.54) is 89.9 Å². The van der Waals surface area contributed by atoms with Crippen LogP contribution >= 0.6 is 0 Å². The maximum Gasteiger partial charge on any atom is 0.146 e. The number of carbonyl (C=O) groups is 2. The Balaban J connectivity index is 2.76. The monoisotopic (exact) mass is 448 g/mol. The maximum atomic E-state index is 13.6. The number of rotatable bonds is 14. The minimum Gasteiger partial charge on any atom is -0.299 e. The molecule has 1 aliphatic carbocycles. The van der Waals surface area contributed by atoms with Crippen LogP contribution in [0.4, 0.5) is 0 Å². The van der Waals surface area contributed by atoms with Gasteiger partial charge >= 0.3 is 0 Å². The molecular weight excluding hydrogens is 392 g/mol. The molecule has 1 saturated carbocycles. The summed E-state index contributed by atoms with van der Waals surface area (Å²) in [5.74, 6) is 0.609. The van der Waals surface area contributed by atoms with E-state index >= 15 is 0 Å². The van der Waals surface area contributed by atoms with Crippen molar-refractivity contribution in [3.63, 3.8) is 0 Å². The summed E-state index contributed by atoms with van der Waals surface area (Å²) in [5, 5.41) is 0. The second-order valence-electron chi connectivity index (χ2n) is 10.6. The minimum absolute atomic E-state index is 0.305. The van der Waals surface area contributed by atoms with E-state index in [4.69, 9.17) is 0 Å². The van der Waals surface area contributed by atoms with E-state index in [1.54, 1.807) is 0 Å². The molecule has 1 aliphatic rings. The van der Waals surface area contributed by atoms with Crippen molar-refractivity contribution in [2.45, 2.75) is 174 Å². The molecule has 1 fully saturated rings. The Bertz CT molecular complexity index is 443. The average molecular weight is 449 g/mol. The maximum absolute atomic E-state index is 13.6. The van der Waals surface area contributed by atoms with Gasteiger partial charge in [-0.2, -0.15) is 0 Å². The van der Waals surface area contributed by atoms with E-state index in [2.05, 4.69) is 13.8 Å². The minimum atomic E-state index is -0.653. The molecule has 2 nitrogen and oxygen atoms in total. The van der Waals surface area contributed by atoms with Crippen LogP contribution in [-0.4, -0.2) is 11.6 Å². The zero-order valence-corrected chi connectivity index (χ0v) is 22.0. The second-order valence-corrected chi connectivity index (χ2v) is 10.6. The summed E-state index contributed by atoms with van der Waals surface area (Å²) in [6.45, 7) is 4.49. The predicted octanol–water partition coefficient (Wildman–Crippen LogP) is 9.92. The van der Waals surface area contributed by atoms with E-state index in [9.17, 15) is 9.59 Å². The lowest BCUT2D eigenvalue weighted by atomic mass is 9.68. The van der Waals surface area contributed by atoms with Crippen LogP contribution in [0.1, 0.15) is 174 Å². The smallest absolute Gasteiger partial charge is 0.146 e. The Morgan fingerprint density at radius 1 is 0.469 bits per heavy atom. The lowest BCUT2D eigenvalue weighted by Gasteiger charge is -2.32. The standard InChI is InChI=1S/C30H56O2/c1-3-5-7-9-10-16-19-23-27-30(26-22-8-6-4-2)28(31)24-20-17-14-12-11-13-15-18-21-25-29(30)32/h3-27H2,1-2H3. The molecule has 0 aromatic carbocycles.